The molecule has 0 aromatic heterocycles. The van der Waals surface area contributed by atoms with Gasteiger partial charge in [0.05, 0.1) is 0 Å². The summed E-state index contributed by atoms with van der Waals surface area (Å²) in [6.45, 7) is 0. The van der Waals surface area contributed by atoms with Crippen LogP contribution < -0.4 is 0 Å². The van der Waals surface area contributed by atoms with Gasteiger partial charge in [-0.2, -0.15) is 5.10 Å². The van der Waals surface area contributed by atoms with Gasteiger partial charge >= 0.3 is 0 Å². The number of carbonyl (C=O) groups excluding carboxylic acids is 1. The minimum atomic E-state index is -1.40. The number of halogens is 3. The molecule has 1 rings (SSSR count). The summed E-state index contributed by atoms with van der Waals surface area (Å²) < 4.78 is 0. The van der Waals surface area contributed by atoms with Gasteiger partial charge in [-0.1, -0.05) is 11.6 Å². The summed E-state index contributed by atoms with van der Waals surface area (Å²) in [5.41, 5.74) is 0. The summed E-state index contributed by atoms with van der Waals surface area (Å²) in [6, 6.07) is 0. The zero-order chi connectivity index (χ0) is 8.48. The molecule has 0 N–H and O–H groups in total. The van der Waals surface area contributed by atoms with E-state index in [9.17, 15) is 4.79 Å². The molecule has 0 fully saturated rings. The van der Waals surface area contributed by atoms with Crippen molar-refractivity contribution >= 4 is 51.4 Å². The highest BCUT2D eigenvalue weighted by Crippen LogP contribution is 2.28. The Morgan fingerprint density at radius 3 is 2.73 bits per heavy atom. The van der Waals surface area contributed by atoms with Crippen molar-refractivity contribution in [2.75, 3.05) is 0 Å². The molecule has 0 aromatic rings. The summed E-state index contributed by atoms with van der Waals surface area (Å²) in [4.78, 5) is 9.34. The minimum absolute atomic E-state index is 0.0818. The van der Waals surface area contributed by atoms with Crippen LogP contribution in [0.4, 0.5) is 0 Å². The van der Waals surface area contributed by atoms with Gasteiger partial charge in [-0.05, 0) is 11.6 Å². The van der Waals surface area contributed by atoms with Crippen LogP contribution in [0.15, 0.2) is 10.2 Å². The number of hydrogen-bond donors (Lipinski definition) is 0. The van der Waals surface area contributed by atoms with Crippen LogP contribution in [0.5, 0.6) is 0 Å². The van der Waals surface area contributed by atoms with Crippen molar-refractivity contribution in [3.63, 3.8) is 0 Å². The molecule has 1 heterocycles. The van der Waals surface area contributed by atoms with Gasteiger partial charge in [0.25, 0.3) is 0 Å². The van der Waals surface area contributed by atoms with Crippen LogP contribution >= 0.6 is 34.8 Å². The molecule has 0 aromatic carbocycles. The molecule has 11 heavy (non-hydrogen) atoms. The maximum Gasteiger partial charge on any atom is 0.250 e. The van der Waals surface area contributed by atoms with Gasteiger partial charge in [0.2, 0.25) is 5.24 Å². The van der Waals surface area contributed by atoms with Gasteiger partial charge in [0.1, 0.15) is 0 Å². The van der Waals surface area contributed by atoms with Crippen molar-refractivity contribution in [3.8, 4) is 0 Å². The lowest BCUT2D eigenvalue weighted by Gasteiger charge is -2.19. The minimum Gasteiger partial charge on any atom is -0.279 e. The lowest BCUT2D eigenvalue weighted by Crippen LogP contribution is -2.37. The number of hydrogen-bond acceptors (Lipinski definition) is 3. The van der Waals surface area contributed by atoms with Crippen LogP contribution in [0.2, 0.25) is 0 Å². The summed E-state index contributed by atoms with van der Waals surface area (Å²) in [5.74, 6) is 0. The first kappa shape index (κ1) is 8.97. The fraction of sp³-hybridized carbons (Fsp3) is 0.400. The summed E-state index contributed by atoms with van der Waals surface area (Å²) in [5, 5.41) is 6.07. The van der Waals surface area contributed by atoms with Gasteiger partial charge in [0.15, 0.2) is 10.0 Å². The van der Waals surface area contributed by atoms with E-state index in [0.29, 0.717) is 0 Å². The van der Waals surface area contributed by atoms with E-state index in [-0.39, 0.29) is 11.6 Å². The van der Waals surface area contributed by atoms with Crippen molar-refractivity contribution < 1.29 is 4.79 Å². The number of alkyl halides is 1. The van der Waals surface area contributed by atoms with Crippen LogP contribution in [-0.2, 0) is 4.79 Å². The molecule has 1 atom stereocenters. The summed E-state index contributed by atoms with van der Waals surface area (Å²) >= 11 is 16.4. The SMILES string of the molecule is O=C(Cl)C1(Cl)CC=NN=C1Cl. The Hall–Kier alpha value is -0.120. The monoisotopic (exact) mass is 212 g/mol. The van der Waals surface area contributed by atoms with Gasteiger partial charge < -0.3 is 0 Å². The highest BCUT2D eigenvalue weighted by atomic mass is 35.5. The molecule has 0 bridgehead atoms. The molecule has 0 spiro atoms. The highest BCUT2D eigenvalue weighted by molar-refractivity contribution is 6.84. The maximum absolute atomic E-state index is 10.7. The topological polar surface area (TPSA) is 41.8 Å². The third-order valence-electron chi connectivity index (χ3n) is 1.24. The predicted molar refractivity (Wildman–Crippen MR) is 45.8 cm³/mol. The molecule has 3 nitrogen and oxygen atoms in total. The summed E-state index contributed by atoms with van der Waals surface area (Å²) in [6.07, 6.45) is 1.57. The molecule has 1 unspecified atom stereocenters. The van der Waals surface area contributed by atoms with Crippen LogP contribution in [0.3, 0.4) is 0 Å². The smallest absolute Gasteiger partial charge is 0.250 e. The second-order valence-electron chi connectivity index (χ2n) is 1.97. The number of carbonyl (C=O) groups is 1. The molecule has 0 radical (unpaired) electrons. The maximum atomic E-state index is 10.7. The lowest BCUT2D eigenvalue weighted by atomic mass is 10.1. The number of rotatable bonds is 1. The first-order valence-electron chi connectivity index (χ1n) is 2.71. The van der Waals surface area contributed by atoms with Gasteiger partial charge in [-0.25, -0.2) is 0 Å². The van der Waals surface area contributed by atoms with Gasteiger partial charge in [-0.3, -0.25) is 4.79 Å². The van der Waals surface area contributed by atoms with E-state index >= 15 is 0 Å². The average molecular weight is 213 g/mol. The van der Waals surface area contributed by atoms with Crippen LogP contribution in [-0.4, -0.2) is 21.5 Å². The van der Waals surface area contributed by atoms with E-state index in [1.807, 2.05) is 0 Å². The molecular weight excluding hydrogens is 210 g/mol. The van der Waals surface area contributed by atoms with E-state index in [1.165, 1.54) is 6.21 Å². The quantitative estimate of drug-likeness (QED) is 0.483. The molecule has 0 aliphatic carbocycles. The van der Waals surface area contributed by atoms with E-state index in [4.69, 9.17) is 34.8 Å². The Labute approximate surface area is 78.0 Å². The van der Waals surface area contributed by atoms with Crippen molar-refractivity contribution in [1.29, 1.82) is 0 Å². The predicted octanol–water partition coefficient (Wildman–Crippen LogP) is 1.76. The molecular formula is C5H3Cl3N2O. The van der Waals surface area contributed by atoms with Gasteiger partial charge in [0, 0.05) is 12.6 Å². The Bertz CT molecular complexity index is 250. The second-order valence-corrected chi connectivity index (χ2v) is 3.31. The Balaban J connectivity index is 2.97. The normalized spacial score (nSPS) is 29.9. The van der Waals surface area contributed by atoms with E-state index in [2.05, 4.69) is 10.2 Å². The first-order valence-corrected chi connectivity index (χ1v) is 3.85. The fourth-order valence-corrected chi connectivity index (χ4v) is 1.11. The zero-order valence-electron chi connectivity index (χ0n) is 5.22. The third-order valence-corrected chi connectivity index (χ3v) is 2.66. The van der Waals surface area contributed by atoms with E-state index < -0.39 is 10.1 Å². The van der Waals surface area contributed by atoms with Crippen LogP contribution in [0.25, 0.3) is 0 Å². The molecule has 6 heteroatoms. The average Bonchev–Trinajstić information content (AvgIpc) is 1.95. The Morgan fingerprint density at radius 2 is 2.36 bits per heavy atom. The molecule has 0 amide bonds. The zero-order valence-corrected chi connectivity index (χ0v) is 7.49. The highest BCUT2D eigenvalue weighted by Gasteiger charge is 2.40. The molecule has 1 aliphatic rings. The van der Waals surface area contributed by atoms with Crippen molar-refractivity contribution in [2.45, 2.75) is 11.3 Å². The molecule has 60 valence electrons. The van der Waals surface area contributed by atoms with Crippen LogP contribution in [0.1, 0.15) is 6.42 Å². The van der Waals surface area contributed by atoms with Crippen LogP contribution in [0, 0.1) is 0 Å². The van der Waals surface area contributed by atoms with Crippen molar-refractivity contribution in [3.05, 3.63) is 0 Å². The summed E-state index contributed by atoms with van der Waals surface area (Å²) in [7, 11) is 0. The molecule has 0 saturated heterocycles. The Morgan fingerprint density at radius 1 is 1.73 bits per heavy atom. The Kier molecular flexibility index (Phi) is 2.52. The molecule has 1 aliphatic heterocycles. The van der Waals surface area contributed by atoms with Crippen molar-refractivity contribution in [1.82, 2.24) is 0 Å². The lowest BCUT2D eigenvalue weighted by molar-refractivity contribution is -0.112. The largest absolute Gasteiger partial charge is 0.279 e. The van der Waals surface area contributed by atoms with E-state index in [0.717, 1.165) is 0 Å². The fourth-order valence-electron chi connectivity index (χ4n) is 0.583. The van der Waals surface area contributed by atoms with Crippen molar-refractivity contribution in [2.24, 2.45) is 10.2 Å². The third kappa shape index (κ3) is 1.55. The standard InChI is InChI=1S/C5H3Cl3N2O/c6-3-5(8,4(7)11)1-2-9-10-3/h2H,1H2. The second kappa shape index (κ2) is 3.09. The van der Waals surface area contributed by atoms with Gasteiger partial charge in [-0.15, -0.1) is 16.7 Å². The molecule has 0 saturated carbocycles. The first-order chi connectivity index (χ1) is 5.07. The number of nitrogens with zero attached hydrogens (tertiary/aromatic N) is 2. The van der Waals surface area contributed by atoms with E-state index in [1.54, 1.807) is 0 Å².